The van der Waals surface area contributed by atoms with E-state index < -0.39 is 0 Å². The van der Waals surface area contributed by atoms with Crippen molar-refractivity contribution < 1.29 is 4.79 Å². The third kappa shape index (κ3) is 2.31. The fourth-order valence-corrected chi connectivity index (χ4v) is 3.32. The molecule has 0 saturated carbocycles. The molecule has 122 valence electrons. The number of hydrogen-bond donors (Lipinski definition) is 1. The average Bonchev–Trinajstić information content (AvgIpc) is 3.25. The molecular formula is C18H19N5O. The Morgan fingerprint density at radius 2 is 2.00 bits per heavy atom. The van der Waals surface area contributed by atoms with Crippen LogP contribution in [0.2, 0.25) is 0 Å². The van der Waals surface area contributed by atoms with Crippen molar-refractivity contribution in [3.63, 3.8) is 0 Å². The van der Waals surface area contributed by atoms with Gasteiger partial charge in [-0.3, -0.25) is 9.48 Å². The maximum absolute atomic E-state index is 12.8. The van der Waals surface area contributed by atoms with Crippen molar-refractivity contribution in [1.29, 1.82) is 0 Å². The lowest BCUT2D eigenvalue weighted by molar-refractivity contribution is 0.101. The minimum absolute atomic E-state index is 0.153. The van der Waals surface area contributed by atoms with E-state index in [0.29, 0.717) is 5.69 Å². The first-order valence-electron chi connectivity index (χ1n) is 8.11. The van der Waals surface area contributed by atoms with Gasteiger partial charge < -0.3 is 5.32 Å². The van der Waals surface area contributed by atoms with Crippen LogP contribution >= 0.6 is 0 Å². The van der Waals surface area contributed by atoms with Gasteiger partial charge in [0, 0.05) is 12.6 Å². The van der Waals surface area contributed by atoms with E-state index in [1.54, 1.807) is 17.9 Å². The maximum Gasteiger partial charge on any atom is 0.275 e. The molecule has 2 heterocycles. The van der Waals surface area contributed by atoms with Crippen LogP contribution < -0.4 is 5.32 Å². The number of carbonyl (C=O) groups is 1. The first-order chi connectivity index (χ1) is 11.6. The van der Waals surface area contributed by atoms with Crippen molar-refractivity contribution >= 4 is 11.7 Å². The number of nitrogens with one attached hydrogen (secondary N) is 1. The summed E-state index contributed by atoms with van der Waals surface area (Å²) in [6.07, 6.45) is 4.69. The standard InChI is InChI=1S/C18H19N5O/c1-12-11-19-22(2)16(12)18(24)20-17-14-9-6-10-15(14)21-23(17)13-7-4-3-5-8-13/h3-5,7-8,11H,6,9-10H2,1-2H3,(H,20,24). The predicted octanol–water partition coefficient (Wildman–Crippen LogP) is 2.66. The molecular weight excluding hydrogens is 302 g/mol. The lowest BCUT2D eigenvalue weighted by atomic mass is 10.2. The number of anilines is 1. The second-order valence-corrected chi connectivity index (χ2v) is 6.13. The Bertz CT molecular complexity index is 888. The predicted molar refractivity (Wildman–Crippen MR) is 91.5 cm³/mol. The van der Waals surface area contributed by atoms with Crippen LogP contribution in [0.25, 0.3) is 5.69 Å². The van der Waals surface area contributed by atoms with E-state index in [4.69, 9.17) is 5.10 Å². The highest BCUT2D eigenvalue weighted by Gasteiger charge is 2.25. The van der Waals surface area contributed by atoms with Gasteiger partial charge in [-0.15, -0.1) is 0 Å². The van der Waals surface area contributed by atoms with Gasteiger partial charge in [-0.05, 0) is 43.9 Å². The number of aromatic nitrogens is 4. The van der Waals surface area contributed by atoms with Crippen molar-refractivity contribution in [1.82, 2.24) is 19.6 Å². The minimum Gasteiger partial charge on any atom is -0.305 e. The van der Waals surface area contributed by atoms with Crippen molar-refractivity contribution in [2.45, 2.75) is 26.2 Å². The smallest absolute Gasteiger partial charge is 0.275 e. The van der Waals surface area contributed by atoms with Gasteiger partial charge >= 0.3 is 0 Å². The molecule has 1 amide bonds. The highest BCUT2D eigenvalue weighted by atomic mass is 16.2. The highest BCUT2D eigenvalue weighted by molar-refractivity contribution is 6.04. The van der Waals surface area contributed by atoms with Gasteiger partial charge in [0.1, 0.15) is 11.5 Å². The van der Waals surface area contributed by atoms with E-state index in [0.717, 1.165) is 47.6 Å². The molecule has 0 spiro atoms. The van der Waals surface area contributed by atoms with Gasteiger partial charge in [-0.25, -0.2) is 4.68 Å². The van der Waals surface area contributed by atoms with E-state index >= 15 is 0 Å². The van der Waals surface area contributed by atoms with E-state index in [2.05, 4.69) is 10.4 Å². The molecule has 0 saturated heterocycles. The molecule has 2 aromatic heterocycles. The molecule has 1 aliphatic carbocycles. The van der Waals surface area contributed by atoms with Crippen LogP contribution in [-0.4, -0.2) is 25.5 Å². The zero-order valence-electron chi connectivity index (χ0n) is 13.8. The van der Waals surface area contributed by atoms with Crippen LogP contribution in [0, 0.1) is 6.92 Å². The van der Waals surface area contributed by atoms with Crippen molar-refractivity contribution in [3.8, 4) is 5.69 Å². The van der Waals surface area contributed by atoms with E-state index in [1.807, 2.05) is 41.9 Å². The third-order valence-corrected chi connectivity index (χ3v) is 4.48. The molecule has 6 heteroatoms. The first kappa shape index (κ1) is 14.7. The summed E-state index contributed by atoms with van der Waals surface area (Å²) in [7, 11) is 1.78. The number of fused-ring (bicyclic) bond motifs is 1. The van der Waals surface area contributed by atoms with Crippen molar-refractivity contribution in [3.05, 3.63) is 59.0 Å². The number of aryl methyl sites for hydroxylation is 3. The van der Waals surface area contributed by atoms with Crippen LogP contribution in [0.15, 0.2) is 36.5 Å². The van der Waals surface area contributed by atoms with Gasteiger partial charge in [-0.1, -0.05) is 18.2 Å². The van der Waals surface area contributed by atoms with Gasteiger partial charge in [0.2, 0.25) is 0 Å². The first-order valence-corrected chi connectivity index (χ1v) is 8.11. The Hall–Kier alpha value is -2.89. The number of hydrogen-bond acceptors (Lipinski definition) is 3. The summed E-state index contributed by atoms with van der Waals surface area (Å²) in [5.74, 6) is 0.624. The Kier molecular flexibility index (Phi) is 3.45. The summed E-state index contributed by atoms with van der Waals surface area (Å²) >= 11 is 0. The van der Waals surface area contributed by atoms with E-state index in [-0.39, 0.29) is 5.91 Å². The molecule has 4 rings (SSSR count). The molecule has 24 heavy (non-hydrogen) atoms. The molecule has 0 bridgehead atoms. The van der Waals surface area contributed by atoms with Gasteiger partial charge in [0.25, 0.3) is 5.91 Å². The van der Waals surface area contributed by atoms with Crippen LogP contribution in [0.4, 0.5) is 5.82 Å². The molecule has 0 atom stereocenters. The summed E-state index contributed by atoms with van der Waals surface area (Å²) in [4.78, 5) is 12.8. The van der Waals surface area contributed by atoms with Crippen LogP contribution in [-0.2, 0) is 19.9 Å². The third-order valence-electron chi connectivity index (χ3n) is 4.48. The second-order valence-electron chi connectivity index (χ2n) is 6.13. The van der Waals surface area contributed by atoms with Gasteiger partial charge in [-0.2, -0.15) is 10.2 Å². The molecule has 1 aromatic carbocycles. The van der Waals surface area contributed by atoms with Gasteiger partial charge in [0.15, 0.2) is 0 Å². The zero-order chi connectivity index (χ0) is 16.7. The van der Waals surface area contributed by atoms with E-state index in [1.165, 1.54) is 0 Å². The number of benzene rings is 1. The van der Waals surface area contributed by atoms with Crippen molar-refractivity contribution in [2.24, 2.45) is 7.05 Å². The Balaban J connectivity index is 1.76. The van der Waals surface area contributed by atoms with Crippen molar-refractivity contribution in [2.75, 3.05) is 5.32 Å². The average molecular weight is 321 g/mol. The number of rotatable bonds is 3. The summed E-state index contributed by atoms with van der Waals surface area (Å²) in [5, 5.41) is 11.9. The van der Waals surface area contributed by atoms with Crippen LogP contribution in [0.5, 0.6) is 0 Å². The second kappa shape index (κ2) is 5.63. The largest absolute Gasteiger partial charge is 0.305 e. The number of para-hydroxylation sites is 1. The number of amides is 1. The monoisotopic (exact) mass is 321 g/mol. The molecule has 0 aliphatic heterocycles. The number of nitrogens with zero attached hydrogens (tertiary/aromatic N) is 4. The maximum atomic E-state index is 12.8. The summed E-state index contributed by atoms with van der Waals surface area (Å²) in [6.45, 7) is 1.89. The van der Waals surface area contributed by atoms with E-state index in [9.17, 15) is 4.79 Å². The van der Waals surface area contributed by atoms with Crippen LogP contribution in [0.1, 0.15) is 33.7 Å². The summed E-state index contributed by atoms with van der Waals surface area (Å²) in [5.41, 5.74) is 4.60. The fraction of sp³-hybridized carbons (Fsp3) is 0.278. The molecule has 0 radical (unpaired) electrons. The number of carbonyl (C=O) groups excluding carboxylic acids is 1. The SMILES string of the molecule is Cc1cnn(C)c1C(=O)Nc1c2c(nn1-c1ccccc1)CCC2. The fourth-order valence-electron chi connectivity index (χ4n) is 3.32. The lowest BCUT2D eigenvalue weighted by Gasteiger charge is -2.11. The Morgan fingerprint density at radius 3 is 2.71 bits per heavy atom. The minimum atomic E-state index is -0.153. The van der Waals surface area contributed by atoms with Gasteiger partial charge in [0.05, 0.1) is 17.6 Å². The zero-order valence-corrected chi connectivity index (χ0v) is 13.8. The van der Waals surface area contributed by atoms with Crippen LogP contribution in [0.3, 0.4) is 0 Å². The molecule has 3 aromatic rings. The molecule has 0 unspecified atom stereocenters. The normalized spacial score (nSPS) is 13.1. The highest BCUT2D eigenvalue weighted by Crippen LogP contribution is 2.31. The quantitative estimate of drug-likeness (QED) is 0.806. The molecule has 0 fully saturated rings. The Labute approximate surface area is 140 Å². The summed E-state index contributed by atoms with van der Waals surface area (Å²) in [6, 6.07) is 9.90. The molecule has 1 N–H and O–H groups in total. The molecule has 6 nitrogen and oxygen atoms in total. The Morgan fingerprint density at radius 1 is 1.21 bits per heavy atom. The lowest BCUT2D eigenvalue weighted by Crippen LogP contribution is -2.20. The topological polar surface area (TPSA) is 64.7 Å². The summed E-state index contributed by atoms with van der Waals surface area (Å²) < 4.78 is 3.45. The molecule has 1 aliphatic rings.